The minimum atomic E-state index is 0.194. The number of aromatic nitrogens is 1. The zero-order valence-corrected chi connectivity index (χ0v) is 10.6. The summed E-state index contributed by atoms with van der Waals surface area (Å²) in [4.78, 5) is 6.48. The number of anilines is 1. The molecule has 1 aromatic heterocycles. The summed E-state index contributed by atoms with van der Waals surface area (Å²) in [6.45, 7) is 5.07. The molecule has 2 heterocycles. The Bertz CT molecular complexity index is 356. The van der Waals surface area contributed by atoms with E-state index in [0.717, 1.165) is 31.2 Å². The second kappa shape index (κ2) is 5.87. The second-order valence-corrected chi connectivity index (χ2v) is 4.51. The summed E-state index contributed by atoms with van der Waals surface area (Å²) in [5.74, 6) is 0.753. The monoisotopic (exact) mass is 235 g/mol. The van der Waals surface area contributed by atoms with Gasteiger partial charge in [-0.2, -0.15) is 0 Å². The smallest absolute Gasteiger partial charge is 0.237 e. The summed E-state index contributed by atoms with van der Waals surface area (Å²) in [5, 5.41) is 3.43. The largest absolute Gasteiger partial charge is 0.470 e. The highest BCUT2D eigenvalue weighted by Crippen LogP contribution is 2.29. The van der Waals surface area contributed by atoms with Crippen molar-refractivity contribution in [3.05, 3.63) is 18.3 Å². The average molecular weight is 235 g/mol. The minimum Gasteiger partial charge on any atom is -0.470 e. The maximum absolute atomic E-state index is 5.87. The molecule has 17 heavy (non-hydrogen) atoms. The van der Waals surface area contributed by atoms with E-state index >= 15 is 0 Å². The number of hydrogen-bond acceptors (Lipinski definition) is 4. The first-order chi connectivity index (χ1) is 8.31. The third-order valence-electron chi connectivity index (χ3n) is 3.00. The van der Waals surface area contributed by atoms with Crippen LogP contribution in [-0.2, 0) is 0 Å². The van der Waals surface area contributed by atoms with Crippen LogP contribution < -0.4 is 15.0 Å². The van der Waals surface area contributed by atoms with Gasteiger partial charge in [0.05, 0.1) is 12.2 Å². The van der Waals surface area contributed by atoms with Crippen molar-refractivity contribution in [2.75, 3.05) is 31.6 Å². The Kier molecular flexibility index (Phi) is 4.20. The molecule has 1 atom stereocenters. The lowest BCUT2D eigenvalue weighted by Gasteiger charge is -2.32. The third-order valence-corrected chi connectivity index (χ3v) is 3.00. The highest BCUT2D eigenvalue weighted by molar-refractivity contribution is 5.55. The summed E-state index contributed by atoms with van der Waals surface area (Å²) in [6.07, 6.45) is 4.42. The molecule has 0 radical (unpaired) electrons. The van der Waals surface area contributed by atoms with Crippen molar-refractivity contribution < 1.29 is 4.74 Å². The maximum atomic E-state index is 5.87. The lowest BCUT2D eigenvalue weighted by Crippen LogP contribution is -2.44. The fourth-order valence-corrected chi connectivity index (χ4v) is 2.03. The fourth-order valence-electron chi connectivity index (χ4n) is 2.03. The van der Waals surface area contributed by atoms with E-state index < -0.39 is 0 Å². The Morgan fingerprint density at radius 3 is 3.29 bits per heavy atom. The van der Waals surface area contributed by atoms with Gasteiger partial charge in [0.2, 0.25) is 5.88 Å². The van der Waals surface area contributed by atoms with Gasteiger partial charge in [-0.1, -0.05) is 13.3 Å². The number of rotatable bonds is 5. The van der Waals surface area contributed by atoms with Crippen LogP contribution >= 0.6 is 0 Å². The van der Waals surface area contributed by atoms with Gasteiger partial charge in [0.25, 0.3) is 0 Å². The molecular formula is C13H21N3O. The lowest BCUT2D eigenvalue weighted by atomic mass is 10.2. The molecular weight excluding hydrogens is 214 g/mol. The van der Waals surface area contributed by atoms with Crippen molar-refractivity contribution in [1.82, 2.24) is 10.3 Å². The van der Waals surface area contributed by atoms with Crippen LogP contribution in [0.25, 0.3) is 0 Å². The molecule has 2 rings (SSSR count). The first-order valence-corrected chi connectivity index (χ1v) is 6.34. The van der Waals surface area contributed by atoms with Crippen LogP contribution in [-0.4, -0.2) is 37.8 Å². The molecule has 94 valence electrons. The number of nitrogens with zero attached hydrogens (tertiary/aromatic N) is 2. The molecule has 1 aliphatic heterocycles. The van der Waals surface area contributed by atoms with Gasteiger partial charge in [-0.05, 0) is 25.1 Å². The van der Waals surface area contributed by atoms with Crippen molar-refractivity contribution in [3.8, 4) is 5.88 Å². The van der Waals surface area contributed by atoms with Crippen LogP contribution in [0.3, 0.4) is 0 Å². The Hall–Kier alpha value is -1.29. The maximum Gasteiger partial charge on any atom is 0.237 e. The van der Waals surface area contributed by atoms with Crippen molar-refractivity contribution in [1.29, 1.82) is 0 Å². The van der Waals surface area contributed by atoms with Crippen molar-refractivity contribution in [3.63, 3.8) is 0 Å². The van der Waals surface area contributed by atoms with Gasteiger partial charge < -0.3 is 15.0 Å². The number of ether oxygens (including phenoxy) is 1. The third kappa shape index (κ3) is 3.09. The van der Waals surface area contributed by atoms with E-state index in [-0.39, 0.29) is 6.10 Å². The van der Waals surface area contributed by atoms with E-state index in [1.54, 1.807) is 6.20 Å². The van der Waals surface area contributed by atoms with Gasteiger partial charge in [0, 0.05) is 19.8 Å². The summed E-state index contributed by atoms with van der Waals surface area (Å²) >= 11 is 0. The van der Waals surface area contributed by atoms with E-state index in [9.17, 15) is 0 Å². The highest BCUT2D eigenvalue weighted by atomic mass is 16.5. The molecule has 0 bridgehead atoms. The molecule has 0 amide bonds. The molecule has 4 nitrogen and oxygen atoms in total. The zero-order valence-electron chi connectivity index (χ0n) is 10.6. The van der Waals surface area contributed by atoms with Gasteiger partial charge in [-0.15, -0.1) is 0 Å². The molecule has 1 aliphatic rings. The van der Waals surface area contributed by atoms with Crippen LogP contribution in [0.15, 0.2) is 18.3 Å². The number of nitrogens with one attached hydrogen (secondary N) is 1. The fraction of sp³-hybridized carbons (Fsp3) is 0.615. The highest BCUT2D eigenvalue weighted by Gasteiger charge is 2.23. The van der Waals surface area contributed by atoms with Gasteiger partial charge in [0.15, 0.2) is 0 Å². The number of hydrogen-bond donors (Lipinski definition) is 1. The molecule has 0 aliphatic carbocycles. The quantitative estimate of drug-likeness (QED) is 0.788. The molecule has 1 unspecified atom stereocenters. The van der Waals surface area contributed by atoms with Crippen LogP contribution in [0.2, 0.25) is 0 Å². The summed E-state index contributed by atoms with van der Waals surface area (Å²) in [5.41, 5.74) is 1.08. The van der Waals surface area contributed by atoms with E-state index in [1.165, 1.54) is 12.8 Å². The van der Waals surface area contributed by atoms with E-state index in [0.29, 0.717) is 0 Å². The Morgan fingerprint density at radius 2 is 2.47 bits per heavy atom. The first-order valence-electron chi connectivity index (χ1n) is 6.34. The Morgan fingerprint density at radius 1 is 1.59 bits per heavy atom. The van der Waals surface area contributed by atoms with Gasteiger partial charge in [-0.25, -0.2) is 4.98 Å². The van der Waals surface area contributed by atoms with Crippen LogP contribution in [0.4, 0.5) is 5.69 Å². The summed E-state index contributed by atoms with van der Waals surface area (Å²) in [6, 6.07) is 3.99. The Balaban J connectivity index is 1.88. The summed E-state index contributed by atoms with van der Waals surface area (Å²) < 4.78 is 5.87. The number of likely N-dealkylation sites (N-methyl/N-ethyl adjacent to an activating group) is 1. The predicted octanol–water partition coefficient (Wildman–Crippen LogP) is 1.67. The standard InChI is InChI=1S/C13H21N3O/c1-3-4-7-14-9-11-10-16(2)12-6-5-8-15-13(12)17-11/h5-6,8,11,14H,3-4,7,9-10H2,1-2H3. The average Bonchev–Trinajstić information content (AvgIpc) is 2.35. The van der Waals surface area contributed by atoms with Crippen molar-refractivity contribution in [2.45, 2.75) is 25.9 Å². The number of fused-ring (bicyclic) bond motifs is 1. The van der Waals surface area contributed by atoms with Crippen LogP contribution in [0, 0.1) is 0 Å². The molecule has 0 spiro atoms. The van der Waals surface area contributed by atoms with Crippen LogP contribution in [0.5, 0.6) is 5.88 Å². The second-order valence-electron chi connectivity index (χ2n) is 4.51. The van der Waals surface area contributed by atoms with Gasteiger partial charge in [0.1, 0.15) is 6.10 Å². The summed E-state index contributed by atoms with van der Waals surface area (Å²) in [7, 11) is 2.09. The first kappa shape index (κ1) is 12.2. The molecule has 0 saturated carbocycles. The molecule has 1 N–H and O–H groups in total. The predicted molar refractivity (Wildman–Crippen MR) is 69.7 cm³/mol. The molecule has 0 fully saturated rings. The molecule has 1 aromatic rings. The number of pyridine rings is 1. The molecule has 0 saturated heterocycles. The Labute approximate surface area is 103 Å². The SMILES string of the molecule is CCCCNCC1CN(C)c2cccnc2O1. The van der Waals surface area contributed by atoms with Crippen LogP contribution in [0.1, 0.15) is 19.8 Å². The normalized spacial score (nSPS) is 18.7. The van der Waals surface area contributed by atoms with Crippen molar-refractivity contribution in [2.24, 2.45) is 0 Å². The van der Waals surface area contributed by atoms with Gasteiger partial charge in [-0.3, -0.25) is 0 Å². The topological polar surface area (TPSA) is 37.4 Å². The van der Waals surface area contributed by atoms with Crippen molar-refractivity contribution >= 4 is 5.69 Å². The molecule has 4 heteroatoms. The van der Waals surface area contributed by atoms with Gasteiger partial charge >= 0.3 is 0 Å². The zero-order chi connectivity index (χ0) is 12.1. The van der Waals surface area contributed by atoms with E-state index in [1.807, 2.05) is 12.1 Å². The minimum absolute atomic E-state index is 0.194. The van der Waals surface area contributed by atoms with E-state index in [2.05, 4.69) is 29.2 Å². The lowest BCUT2D eigenvalue weighted by molar-refractivity contribution is 0.184. The molecule has 0 aromatic carbocycles. The van der Waals surface area contributed by atoms with E-state index in [4.69, 9.17) is 4.74 Å². The number of unbranched alkanes of at least 4 members (excludes halogenated alkanes) is 1.